The normalized spacial score (nSPS) is 9.69. The number of hydrogen-bond acceptors (Lipinski definition) is 10. The number of nitrogens with two attached hydrogens (primary N) is 1. The molecule has 15 heteroatoms. The summed E-state index contributed by atoms with van der Waals surface area (Å²) in [6.45, 7) is 5.03. The van der Waals surface area contributed by atoms with Crippen molar-refractivity contribution in [3.8, 4) is 0 Å². The minimum atomic E-state index is -1.11. The van der Waals surface area contributed by atoms with E-state index in [4.69, 9.17) is 70.7 Å². The predicted molar refractivity (Wildman–Crippen MR) is 97.8 cm³/mol. The Morgan fingerprint density at radius 2 is 0.828 bits per heavy atom. The van der Waals surface area contributed by atoms with Crippen LogP contribution in [0.25, 0.3) is 0 Å². The van der Waals surface area contributed by atoms with Crippen molar-refractivity contribution in [3.05, 3.63) is 0 Å². The van der Waals surface area contributed by atoms with Gasteiger partial charge in [0.2, 0.25) is 0 Å². The van der Waals surface area contributed by atoms with Crippen LogP contribution in [-0.2, 0) is 24.0 Å². The Hall–Kier alpha value is -2.85. The summed E-state index contributed by atoms with van der Waals surface area (Å²) in [6.07, 6.45) is -2.11. The molecule has 0 bridgehead atoms. The van der Waals surface area contributed by atoms with Crippen LogP contribution in [0.4, 0.5) is 0 Å². The Balaban J connectivity index is -0.0000000575. The highest BCUT2D eigenvalue weighted by atomic mass is 16.4. The summed E-state index contributed by atoms with van der Waals surface area (Å²) in [7, 11) is 0. The first-order valence-electron chi connectivity index (χ1n) is 7.26. The number of rotatable bonds is 4. The lowest BCUT2D eigenvalue weighted by Crippen LogP contribution is -2.40. The molecule has 176 valence electrons. The van der Waals surface area contributed by atoms with E-state index in [1.807, 2.05) is 0 Å². The number of carbonyl (C=O) groups is 5. The van der Waals surface area contributed by atoms with E-state index in [1.54, 1.807) is 0 Å². The molecule has 0 aromatic heterocycles. The molecule has 0 fully saturated rings. The second kappa shape index (κ2) is 32.8. The molecule has 0 amide bonds. The van der Waals surface area contributed by atoms with Crippen molar-refractivity contribution >= 4 is 29.8 Å². The molecular formula is C14H32N2O13. The minimum Gasteiger partial charge on any atom is -0.481 e. The smallest absolute Gasteiger partial charge is 0.300 e. The SMILES string of the molecule is CC(=O)O.CC(=O)O.CC(=O)O.CC(=O)O.CC(=O)O.NNC[C@@H](O)[C@H](O)CO. The van der Waals surface area contributed by atoms with Gasteiger partial charge in [0.25, 0.3) is 29.8 Å². The van der Waals surface area contributed by atoms with Gasteiger partial charge in [0.15, 0.2) is 0 Å². The Labute approximate surface area is 167 Å². The van der Waals surface area contributed by atoms with E-state index in [9.17, 15) is 0 Å². The number of carboxylic acid groups (broad SMARTS) is 5. The van der Waals surface area contributed by atoms with Gasteiger partial charge in [-0.2, -0.15) is 0 Å². The summed E-state index contributed by atoms with van der Waals surface area (Å²) in [5.74, 6) is 0.653. The van der Waals surface area contributed by atoms with Gasteiger partial charge in [-0.1, -0.05) is 0 Å². The van der Waals surface area contributed by atoms with Gasteiger partial charge in [-0.15, -0.1) is 0 Å². The standard InChI is InChI=1S/C4H12N2O3.5C2H4O2/c5-6-1-3(8)4(9)2-7;5*1-2(3)4/h3-4,6-9H,1-2,5H2;5*1H3,(H,3,4)/t3-,4-;;;;;/m1...../s1. The van der Waals surface area contributed by atoms with Gasteiger partial charge in [0, 0.05) is 41.2 Å². The molecule has 0 aromatic carbocycles. The first-order chi connectivity index (χ1) is 12.9. The van der Waals surface area contributed by atoms with Gasteiger partial charge >= 0.3 is 0 Å². The number of hydrazine groups is 1. The highest BCUT2D eigenvalue weighted by Crippen LogP contribution is 1.88. The fourth-order valence-electron chi connectivity index (χ4n) is 0.378. The first kappa shape index (κ1) is 40.7. The number of aliphatic hydroxyl groups excluding tert-OH is 3. The number of nitrogens with one attached hydrogen (secondary N) is 1. The highest BCUT2D eigenvalue weighted by Gasteiger charge is 2.12. The van der Waals surface area contributed by atoms with Gasteiger partial charge in [-0.05, 0) is 0 Å². The lowest BCUT2D eigenvalue weighted by Gasteiger charge is -2.13. The van der Waals surface area contributed by atoms with Gasteiger partial charge in [-0.25, -0.2) is 0 Å². The Bertz CT molecular complexity index is 340. The Kier molecular flexibility index (Phi) is 46.1. The summed E-state index contributed by atoms with van der Waals surface area (Å²) in [4.78, 5) is 45.0. The second-order valence-electron chi connectivity index (χ2n) is 4.32. The van der Waals surface area contributed by atoms with E-state index >= 15 is 0 Å². The largest absolute Gasteiger partial charge is 0.481 e. The van der Waals surface area contributed by atoms with E-state index in [1.165, 1.54) is 0 Å². The van der Waals surface area contributed by atoms with Crippen LogP contribution in [0, 0.1) is 0 Å². The molecule has 0 saturated heterocycles. The fourth-order valence-corrected chi connectivity index (χ4v) is 0.378. The summed E-state index contributed by atoms with van der Waals surface area (Å²) >= 11 is 0. The third-order valence-corrected chi connectivity index (χ3v) is 0.958. The average molecular weight is 436 g/mol. The Morgan fingerprint density at radius 3 is 0.931 bits per heavy atom. The topological polar surface area (TPSA) is 285 Å². The van der Waals surface area contributed by atoms with E-state index in [-0.39, 0.29) is 6.54 Å². The van der Waals surface area contributed by atoms with Gasteiger partial charge in [0.1, 0.15) is 6.10 Å². The summed E-state index contributed by atoms with van der Waals surface area (Å²) < 4.78 is 0. The fraction of sp³-hybridized carbons (Fsp3) is 0.643. The number of aliphatic hydroxyl groups is 3. The lowest BCUT2D eigenvalue weighted by atomic mass is 10.2. The summed E-state index contributed by atoms with van der Waals surface area (Å²) in [5, 5.41) is 62.8. The van der Waals surface area contributed by atoms with Gasteiger partial charge < -0.3 is 40.9 Å². The van der Waals surface area contributed by atoms with Crippen LogP contribution in [0.1, 0.15) is 34.6 Å². The number of carboxylic acids is 5. The molecule has 0 aliphatic heterocycles. The maximum absolute atomic E-state index is 9.00. The summed E-state index contributed by atoms with van der Waals surface area (Å²) in [5.41, 5.74) is 2.16. The molecule has 11 N–H and O–H groups in total. The molecule has 0 spiro atoms. The molecule has 0 heterocycles. The predicted octanol–water partition coefficient (Wildman–Crippen LogP) is -2.38. The maximum Gasteiger partial charge on any atom is 0.300 e. The molecule has 0 radical (unpaired) electrons. The number of aliphatic carboxylic acids is 5. The quantitative estimate of drug-likeness (QED) is 0.162. The van der Waals surface area contributed by atoms with E-state index in [2.05, 4.69) is 5.43 Å². The van der Waals surface area contributed by atoms with E-state index < -0.39 is 48.7 Å². The van der Waals surface area contributed by atoms with Crippen LogP contribution in [0.3, 0.4) is 0 Å². The van der Waals surface area contributed by atoms with Crippen molar-refractivity contribution < 1.29 is 64.8 Å². The first-order valence-corrected chi connectivity index (χ1v) is 7.26. The van der Waals surface area contributed by atoms with Crippen molar-refractivity contribution in [2.24, 2.45) is 5.84 Å². The molecule has 29 heavy (non-hydrogen) atoms. The van der Waals surface area contributed by atoms with Gasteiger partial charge in [-0.3, -0.25) is 35.2 Å². The molecule has 0 aliphatic carbocycles. The zero-order chi connectivity index (χ0) is 25.2. The van der Waals surface area contributed by atoms with E-state index in [0.29, 0.717) is 0 Å². The van der Waals surface area contributed by atoms with Crippen molar-refractivity contribution in [2.45, 2.75) is 46.8 Å². The highest BCUT2D eigenvalue weighted by molar-refractivity contribution is 5.63. The zero-order valence-electron chi connectivity index (χ0n) is 16.8. The Morgan fingerprint density at radius 1 is 0.655 bits per heavy atom. The maximum atomic E-state index is 9.00. The molecule has 0 unspecified atom stereocenters. The van der Waals surface area contributed by atoms with Gasteiger partial charge in [0.05, 0.1) is 12.7 Å². The van der Waals surface area contributed by atoms with Crippen LogP contribution in [0.15, 0.2) is 0 Å². The summed E-state index contributed by atoms with van der Waals surface area (Å²) in [6, 6.07) is 0. The third kappa shape index (κ3) is 356. The number of hydrogen-bond donors (Lipinski definition) is 10. The van der Waals surface area contributed by atoms with Crippen LogP contribution in [0.2, 0.25) is 0 Å². The van der Waals surface area contributed by atoms with Crippen molar-refractivity contribution in [1.82, 2.24) is 5.43 Å². The molecule has 0 aliphatic rings. The molecule has 0 rings (SSSR count). The zero-order valence-corrected chi connectivity index (χ0v) is 16.8. The third-order valence-electron chi connectivity index (χ3n) is 0.958. The molecule has 0 saturated carbocycles. The van der Waals surface area contributed by atoms with Crippen LogP contribution >= 0.6 is 0 Å². The molecule has 0 aromatic rings. The van der Waals surface area contributed by atoms with E-state index in [0.717, 1.165) is 34.6 Å². The average Bonchev–Trinajstić information content (AvgIpc) is 2.43. The minimum absolute atomic E-state index is 0.0712. The molecule has 15 nitrogen and oxygen atoms in total. The second-order valence-corrected chi connectivity index (χ2v) is 4.32. The van der Waals surface area contributed by atoms with Crippen LogP contribution in [0.5, 0.6) is 0 Å². The van der Waals surface area contributed by atoms with Crippen LogP contribution < -0.4 is 11.3 Å². The van der Waals surface area contributed by atoms with Crippen LogP contribution in [-0.4, -0.2) is 96.1 Å². The monoisotopic (exact) mass is 436 g/mol. The molecular weight excluding hydrogens is 404 g/mol. The van der Waals surface area contributed by atoms with Crippen molar-refractivity contribution in [1.29, 1.82) is 0 Å². The van der Waals surface area contributed by atoms with Crippen molar-refractivity contribution in [2.75, 3.05) is 13.2 Å². The lowest BCUT2D eigenvalue weighted by molar-refractivity contribution is -0.135. The van der Waals surface area contributed by atoms with Crippen molar-refractivity contribution in [3.63, 3.8) is 0 Å². The molecule has 2 atom stereocenters.